The second kappa shape index (κ2) is 9.20. The van der Waals surface area contributed by atoms with Crippen molar-refractivity contribution in [3.8, 4) is 5.75 Å². The summed E-state index contributed by atoms with van der Waals surface area (Å²) < 4.78 is 11.1. The fraction of sp³-hybridized carbons (Fsp3) is 0.391. The molecule has 2 N–H and O–H groups in total. The Balaban J connectivity index is 1.58. The van der Waals surface area contributed by atoms with Crippen molar-refractivity contribution in [1.29, 1.82) is 0 Å². The number of allylic oxidation sites excluding steroid dienone is 6. The normalized spacial score (nSPS) is 25.9. The van der Waals surface area contributed by atoms with E-state index in [0.717, 1.165) is 5.56 Å². The summed E-state index contributed by atoms with van der Waals surface area (Å²) in [6.45, 7) is 2.10. The second-order valence-electron chi connectivity index (χ2n) is 7.31. The Bertz CT molecular complexity index is 840. The quantitative estimate of drug-likeness (QED) is 0.652. The van der Waals surface area contributed by atoms with E-state index in [1.165, 1.54) is 0 Å². The van der Waals surface area contributed by atoms with Crippen molar-refractivity contribution in [3.05, 3.63) is 66.3 Å². The van der Waals surface area contributed by atoms with E-state index in [1.54, 1.807) is 24.3 Å². The van der Waals surface area contributed by atoms with Crippen LogP contribution in [0.15, 0.2) is 60.7 Å². The van der Waals surface area contributed by atoms with E-state index in [-0.39, 0.29) is 30.6 Å². The first-order valence-electron chi connectivity index (χ1n) is 9.77. The lowest BCUT2D eigenvalue weighted by atomic mass is 9.90. The van der Waals surface area contributed by atoms with Crippen molar-refractivity contribution in [2.75, 3.05) is 0 Å². The minimum Gasteiger partial charge on any atom is -0.479 e. The highest BCUT2D eigenvalue weighted by Gasteiger charge is 2.48. The van der Waals surface area contributed by atoms with Gasteiger partial charge in [-0.3, -0.25) is 4.79 Å². The summed E-state index contributed by atoms with van der Waals surface area (Å²) in [6, 6.07) is 7.17. The van der Waals surface area contributed by atoms with Gasteiger partial charge in [-0.2, -0.15) is 0 Å². The standard InChI is InChI=1S/C23H26O6/c1-2-8-16-12-13-19(24)18(16)10-4-3-7-14-23(27,21(25)26)22-28-15-17-9-5-6-11-20(17)29-22/h2-6,8-9,11-13,16,18,22,27H,7,10,14-15H2,1H3,(H,25,26)/t16-,18+,22+,23?/m0/s1. The third-order valence-electron chi connectivity index (χ3n) is 5.33. The number of para-hydroxylation sites is 1. The van der Waals surface area contributed by atoms with Gasteiger partial charge in [0.2, 0.25) is 11.9 Å². The number of fused-ring (bicyclic) bond motifs is 1. The Kier molecular flexibility index (Phi) is 6.67. The lowest BCUT2D eigenvalue weighted by Crippen LogP contribution is -2.54. The predicted octanol–water partition coefficient (Wildman–Crippen LogP) is 3.41. The molecule has 0 fully saturated rings. The first-order valence-corrected chi connectivity index (χ1v) is 9.77. The van der Waals surface area contributed by atoms with Crippen LogP contribution in [0.3, 0.4) is 0 Å². The van der Waals surface area contributed by atoms with Crippen molar-refractivity contribution in [1.82, 2.24) is 0 Å². The van der Waals surface area contributed by atoms with E-state index in [0.29, 0.717) is 18.6 Å². The highest BCUT2D eigenvalue weighted by atomic mass is 16.7. The van der Waals surface area contributed by atoms with Crippen molar-refractivity contribution in [3.63, 3.8) is 0 Å². The summed E-state index contributed by atoms with van der Waals surface area (Å²) in [5.74, 6) is -0.804. The molecule has 29 heavy (non-hydrogen) atoms. The minimum atomic E-state index is -2.17. The van der Waals surface area contributed by atoms with Crippen LogP contribution < -0.4 is 4.74 Å². The molecule has 0 bridgehead atoms. The number of rotatable bonds is 8. The summed E-state index contributed by atoms with van der Waals surface area (Å²) in [5.41, 5.74) is -1.36. The number of carbonyl (C=O) groups excluding carboxylic acids is 1. The Hall–Kier alpha value is -2.70. The van der Waals surface area contributed by atoms with Crippen LogP contribution in [0.5, 0.6) is 5.75 Å². The first kappa shape index (κ1) is 21.0. The first-order chi connectivity index (χ1) is 14.0. The zero-order valence-corrected chi connectivity index (χ0v) is 16.4. The highest BCUT2D eigenvalue weighted by molar-refractivity contribution is 5.95. The summed E-state index contributed by atoms with van der Waals surface area (Å²) in [6.07, 6.45) is 10.6. The molecular weight excluding hydrogens is 372 g/mol. The van der Waals surface area contributed by atoms with Crippen LogP contribution in [0.2, 0.25) is 0 Å². The monoisotopic (exact) mass is 398 g/mol. The highest BCUT2D eigenvalue weighted by Crippen LogP contribution is 2.32. The molecule has 0 amide bonds. The number of aliphatic carboxylic acids is 1. The van der Waals surface area contributed by atoms with Gasteiger partial charge >= 0.3 is 5.97 Å². The van der Waals surface area contributed by atoms with Crippen LogP contribution in [0.1, 0.15) is 31.7 Å². The minimum absolute atomic E-state index is 0.0686. The van der Waals surface area contributed by atoms with Gasteiger partial charge in [0.1, 0.15) is 5.75 Å². The van der Waals surface area contributed by atoms with E-state index in [4.69, 9.17) is 9.47 Å². The predicted molar refractivity (Wildman–Crippen MR) is 107 cm³/mol. The van der Waals surface area contributed by atoms with Crippen molar-refractivity contribution >= 4 is 11.8 Å². The number of carboxylic acids is 1. The Labute approximate surface area is 170 Å². The summed E-state index contributed by atoms with van der Waals surface area (Å²) in [7, 11) is 0. The van der Waals surface area contributed by atoms with Crippen molar-refractivity contribution in [2.45, 2.75) is 44.7 Å². The molecule has 0 radical (unpaired) electrons. The topological polar surface area (TPSA) is 93.1 Å². The van der Waals surface area contributed by atoms with Gasteiger partial charge in [-0.05, 0) is 38.3 Å². The van der Waals surface area contributed by atoms with E-state index < -0.39 is 17.9 Å². The van der Waals surface area contributed by atoms with Gasteiger partial charge in [0.15, 0.2) is 5.78 Å². The lowest BCUT2D eigenvalue weighted by molar-refractivity contribution is -0.226. The smallest absolute Gasteiger partial charge is 0.342 e. The number of ketones is 1. The van der Waals surface area contributed by atoms with Gasteiger partial charge < -0.3 is 19.7 Å². The molecule has 0 saturated carbocycles. The molecule has 1 aliphatic carbocycles. The van der Waals surface area contributed by atoms with Crippen LogP contribution in [0.4, 0.5) is 0 Å². The average Bonchev–Trinajstić information content (AvgIpc) is 3.06. The van der Waals surface area contributed by atoms with Crippen LogP contribution in [-0.2, 0) is 20.9 Å². The molecule has 3 rings (SSSR count). The van der Waals surface area contributed by atoms with E-state index in [9.17, 15) is 19.8 Å². The molecule has 1 heterocycles. The van der Waals surface area contributed by atoms with E-state index in [1.807, 2.05) is 43.4 Å². The maximum Gasteiger partial charge on any atom is 0.342 e. The number of hydrogen-bond acceptors (Lipinski definition) is 5. The van der Waals surface area contributed by atoms with E-state index >= 15 is 0 Å². The molecule has 6 nitrogen and oxygen atoms in total. The molecular formula is C23H26O6. The van der Waals surface area contributed by atoms with Gasteiger partial charge in [-0.1, -0.05) is 48.6 Å². The molecule has 0 aromatic heterocycles. The summed E-state index contributed by atoms with van der Waals surface area (Å²) in [5, 5.41) is 20.3. The zero-order valence-electron chi connectivity index (χ0n) is 16.4. The lowest BCUT2D eigenvalue weighted by Gasteiger charge is -2.35. The fourth-order valence-corrected chi connectivity index (χ4v) is 3.62. The fourth-order valence-electron chi connectivity index (χ4n) is 3.62. The molecule has 1 aromatic rings. The molecule has 0 spiro atoms. The molecule has 1 aromatic carbocycles. The number of carbonyl (C=O) groups is 2. The molecule has 6 heteroatoms. The third kappa shape index (κ3) is 4.66. The van der Waals surface area contributed by atoms with Crippen LogP contribution in [-0.4, -0.2) is 33.9 Å². The molecule has 0 saturated heterocycles. The van der Waals surface area contributed by atoms with Gasteiger partial charge in [0, 0.05) is 17.4 Å². The van der Waals surface area contributed by atoms with Crippen molar-refractivity contribution < 1.29 is 29.3 Å². The molecule has 2 aliphatic rings. The Morgan fingerprint density at radius 3 is 2.86 bits per heavy atom. The largest absolute Gasteiger partial charge is 0.479 e. The van der Waals surface area contributed by atoms with Crippen LogP contribution in [0.25, 0.3) is 0 Å². The van der Waals surface area contributed by atoms with Crippen LogP contribution >= 0.6 is 0 Å². The number of carboxylic acid groups (broad SMARTS) is 1. The average molecular weight is 398 g/mol. The SMILES string of the molecule is CC=C[C@H]1C=CC(=O)[C@@H]1CC=CCCC(O)(C(=O)O)[C@@H]1OCc2ccccc2O1. The number of aliphatic hydroxyl groups is 1. The summed E-state index contributed by atoms with van der Waals surface area (Å²) >= 11 is 0. The molecule has 1 unspecified atom stereocenters. The maximum absolute atomic E-state index is 12.0. The Morgan fingerprint density at radius 1 is 1.31 bits per heavy atom. The number of ether oxygens (including phenoxy) is 2. The zero-order chi connectivity index (χ0) is 20.9. The van der Waals surface area contributed by atoms with Gasteiger partial charge in [-0.15, -0.1) is 0 Å². The number of hydrogen-bond donors (Lipinski definition) is 2. The maximum atomic E-state index is 12.0. The van der Waals surface area contributed by atoms with E-state index in [2.05, 4.69) is 0 Å². The Morgan fingerprint density at radius 2 is 2.10 bits per heavy atom. The number of benzene rings is 1. The van der Waals surface area contributed by atoms with Gasteiger partial charge in [0.05, 0.1) is 6.61 Å². The van der Waals surface area contributed by atoms with Gasteiger partial charge in [0.25, 0.3) is 0 Å². The van der Waals surface area contributed by atoms with Crippen LogP contribution in [0, 0.1) is 11.8 Å². The third-order valence-corrected chi connectivity index (χ3v) is 5.33. The summed E-state index contributed by atoms with van der Waals surface area (Å²) in [4.78, 5) is 23.7. The second-order valence-corrected chi connectivity index (χ2v) is 7.31. The molecule has 154 valence electrons. The molecule has 1 aliphatic heterocycles. The van der Waals surface area contributed by atoms with Gasteiger partial charge in [-0.25, -0.2) is 4.79 Å². The van der Waals surface area contributed by atoms with Crippen molar-refractivity contribution in [2.24, 2.45) is 11.8 Å². The molecule has 4 atom stereocenters.